The summed E-state index contributed by atoms with van der Waals surface area (Å²) in [6.45, 7) is 10.1. The average Bonchev–Trinajstić information content (AvgIpc) is 3.60. The lowest BCUT2D eigenvalue weighted by atomic mass is 9.68. The molecule has 0 aromatic heterocycles. The summed E-state index contributed by atoms with van der Waals surface area (Å²) in [5, 5.41) is 36.4. The minimum Gasteiger partial charge on any atom is -0.460 e. The monoisotopic (exact) mass is 1160 g/mol. The summed E-state index contributed by atoms with van der Waals surface area (Å²) in [6, 6.07) is -1.26. The number of nitrogens with zero attached hydrogens (tertiary/aromatic N) is 1. The standard InChI is InChI=1S/C54H84N2O21P2/c1-30-14-11-10-12-15-31(2)42(70-7)28-37-19-17-35(6)54(65,75-37)49(60)50(61)56-23-13-16-38-39(26-36-18-20-41(44(27-36)71-8)74-52(63)55-22-21-53(64,76-78(66)67)77-79(68)69)43(73-51(62)45(38)56)29-40(57)32(3)25-34(5)47(59)48(72-9)46(58)33(4)24-30/h10-12,14-15,25,30,32-33,35-39,41-45,47-48,59,64-67,79H,13,16-24,26-29H2,1-9H3,(H,55,63)(H,68,69)/b12-10+,14-11+,31-15+,34-25+/t30-,32?,33?,35?,36?,37+,38-,39?,41-,42+,43+,44?,45?,47?,48+,53?,54?/m1/s1. The lowest BCUT2D eigenvalue weighted by Crippen LogP contribution is -2.65. The number of aliphatic hydroxyl groups is 3. The van der Waals surface area contributed by atoms with E-state index in [1.807, 2.05) is 44.2 Å². The van der Waals surface area contributed by atoms with E-state index in [9.17, 15) is 58.4 Å². The first-order valence-corrected chi connectivity index (χ1v) is 29.6. The smallest absolute Gasteiger partial charge is 0.407 e. The van der Waals surface area contributed by atoms with E-state index in [-0.39, 0.29) is 49.2 Å². The van der Waals surface area contributed by atoms with Crippen LogP contribution in [0, 0.1) is 41.4 Å². The van der Waals surface area contributed by atoms with E-state index in [1.54, 1.807) is 40.9 Å². The van der Waals surface area contributed by atoms with Crippen LogP contribution < -0.4 is 5.32 Å². The third kappa shape index (κ3) is 17.7. The number of methoxy groups -OCH3 is 3. The van der Waals surface area contributed by atoms with Gasteiger partial charge in [0.25, 0.3) is 17.7 Å². The number of alkyl carbamates (subject to hydrolysis) is 1. The van der Waals surface area contributed by atoms with Crippen molar-refractivity contribution in [3.63, 3.8) is 0 Å². The second-order valence-electron chi connectivity index (χ2n) is 22.0. The predicted octanol–water partition coefficient (Wildman–Crippen LogP) is 4.80. The Bertz CT molecular complexity index is 2280. The fourth-order valence-electron chi connectivity index (χ4n) is 11.9. The highest BCUT2D eigenvalue weighted by Crippen LogP contribution is 2.46. The van der Waals surface area contributed by atoms with Crippen molar-refractivity contribution in [1.29, 1.82) is 0 Å². The number of carbonyl (C=O) groups excluding carboxylic acids is 6. The predicted molar refractivity (Wildman–Crippen MR) is 285 cm³/mol. The van der Waals surface area contributed by atoms with Crippen molar-refractivity contribution in [2.75, 3.05) is 34.4 Å². The van der Waals surface area contributed by atoms with Gasteiger partial charge in [0.05, 0.1) is 18.3 Å². The van der Waals surface area contributed by atoms with Crippen molar-refractivity contribution >= 4 is 52.2 Å². The molecule has 0 aromatic rings. The molecule has 18 atom stereocenters. The highest BCUT2D eigenvalue weighted by molar-refractivity contribution is 7.39. The van der Waals surface area contributed by atoms with Gasteiger partial charge in [0.2, 0.25) is 5.79 Å². The topological polar surface area (TPSA) is 330 Å². The van der Waals surface area contributed by atoms with E-state index in [4.69, 9.17) is 33.3 Å². The van der Waals surface area contributed by atoms with E-state index < -0.39 is 144 Å². The normalized spacial score (nSPS) is 38.4. The number of esters is 1. The average molecular weight is 1160 g/mol. The molecule has 1 aliphatic carbocycles. The second kappa shape index (κ2) is 30.1. The maximum absolute atomic E-state index is 14.6. The molecule has 11 unspecified atom stereocenters. The molecule has 1 saturated carbocycles. The Kier molecular flexibility index (Phi) is 25.2. The van der Waals surface area contributed by atoms with Crippen molar-refractivity contribution in [2.24, 2.45) is 41.4 Å². The fraction of sp³-hybridized carbons (Fsp3) is 0.741. The molecule has 446 valence electrons. The van der Waals surface area contributed by atoms with Crippen LogP contribution in [0.25, 0.3) is 0 Å². The summed E-state index contributed by atoms with van der Waals surface area (Å²) >= 11 is 0. The maximum Gasteiger partial charge on any atom is 0.407 e. The summed E-state index contributed by atoms with van der Waals surface area (Å²) in [4.78, 5) is 113. The molecule has 25 heteroatoms. The lowest BCUT2D eigenvalue weighted by molar-refractivity contribution is -0.278. The largest absolute Gasteiger partial charge is 0.460 e. The Morgan fingerprint density at radius 2 is 1.65 bits per heavy atom. The van der Waals surface area contributed by atoms with Crippen LogP contribution in [0.1, 0.15) is 119 Å². The molecular weight excluding hydrogens is 1070 g/mol. The van der Waals surface area contributed by atoms with Crippen LogP contribution in [0.3, 0.4) is 0 Å². The minimum absolute atomic E-state index is 0.00274. The molecule has 0 radical (unpaired) electrons. The number of ketones is 3. The number of hydrogen-bond acceptors (Lipinski definition) is 20. The van der Waals surface area contributed by atoms with Crippen LogP contribution in [0.15, 0.2) is 47.6 Å². The number of nitrogens with one attached hydrogen (secondary N) is 1. The van der Waals surface area contributed by atoms with Crippen molar-refractivity contribution in [3.05, 3.63) is 47.6 Å². The third-order valence-corrected chi connectivity index (χ3v) is 17.3. The van der Waals surface area contributed by atoms with Gasteiger partial charge in [0, 0.05) is 77.4 Å². The second-order valence-corrected chi connectivity index (χ2v) is 23.4. The Hall–Kier alpha value is -3.64. The molecule has 4 aliphatic heterocycles. The highest BCUT2D eigenvalue weighted by Gasteiger charge is 2.57. The van der Waals surface area contributed by atoms with Gasteiger partial charge in [0.15, 0.2) is 5.78 Å². The van der Waals surface area contributed by atoms with Crippen molar-refractivity contribution in [3.8, 4) is 0 Å². The van der Waals surface area contributed by atoms with Crippen molar-refractivity contribution in [2.45, 2.75) is 179 Å². The first-order valence-electron chi connectivity index (χ1n) is 27.2. The van der Waals surface area contributed by atoms with Crippen LogP contribution in [0.2, 0.25) is 0 Å². The fourth-order valence-corrected chi connectivity index (χ4v) is 12.8. The number of carbonyl (C=O) groups is 6. The van der Waals surface area contributed by atoms with Crippen LogP contribution in [-0.4, -0.2) is 165 Å². The zero-order valence-electron chi connectivity index (χ0n) is 46.7. The molecular formula is C54H84N2O21P2. The summed E-state index contributed by atoms with van der Waals surface area (Å²) in [5.74, 6) is -12.7. The summed E-state index contributed by atoms with van der Waals surface area (Å²) in [7, 11) is -2.71. The molecule has 4 heterocycles. The Morgan fingerprint density at radius 1 is 0.924 bits per heavy atom. The van der Waals surface area contributed by atoms with Gasteiger partial charge in [-0.2, -0.15) is 0 Å². The summed E-state index contributed by atoms with van der Waals surface area (Å²) < 4.78 is 55.5. The molecule has 2 amide bonds. The Morgan fingerprint density at radius 3 is 2.30 bits per heavy atom. The molecule has 3 saturated heterocycles. The number of aliphatic hydroxyl groups excluding tert-OH is 1. The van der Waals surface area contributed by atoms with Gasteiger partial charge >= 0.3 is 28.9 Å². The number of Topliss-reactive ketones (excluding diaryl/α,β-unsaturated/α-hetero) is 3. The van der Waals surface area contributed by atoms with Crippen LogP contribution in [0.5, 0.6) is 0 Å². The molecule has 0 aromatic carbocycles. The van der Waals surface area contributed by atoms with Gasteiger partial charge in [0.1, 0.15) is 36.2 Å². The Balaban J connectivity index is 1.45. The Labute approximate surface area is 464 Å². The number of allylic oxidation sites excluding steroid dienone is 6. The van der Waals surface area contributed by atoms with Gasteiger partial charge in [-0.3, -0.25) is 32.8 Å². The van der Waals surface area contributed by atoms with E-state index in [2.05, 4.69) is 14.4 Å². The van der Waals surface area contributed by atoms with E-state index in [1.165, 1.54) is 19.1 Å². The highest BCUT2D eigenvalue weighted by atomic mass is 31.2. The SMILES string of the molecule is COC1CC(CC2[C@H]3CCCN4C(=O)C(=O)C5(O)O[C@@H](CCC5C)C[C@H](OC)/C(C)=C/C=C/C=C/[C@@H](C)CC(C)C(=O)[C@H](OC)C(O)/C(C)=C/C(C)C(=O)C[C@@H]2OC(=O)C34)CC[C@H]1OC(=O)NCCC(O)(OP(O)O)O[PH](=O)O. The molecule has 4 bridgehead atoms. The minimum atomic E-state index is -3.82. The zero-order valence-corrected chi connectivity index (χ0v) is 48.6. The molecule has 4 fully saturated rings. The van der Waals surface area contributed by atoms with Crippen LogP contribution in [0.4, 0.5) is 4.79 Å². The molecule has 5 rings (SSSR count). The number of piperidine rings is 1. The third-order valence-electron chi connectivity index (χ3n) is 16.3. The van der Waals surface area contributed by atoms with E-state index >= 15 is 0 Å². The van der Waals surface area contributed by atoms with E-state index in [0.29, 0.717) is 56.9 Å². The first-order chi connectivity index (χ1) is 37.3. The zero-order chi connectivity index (χ0) is 58.5. The summed E-state index contributed by atoms with van der Waals surface area (Å²) in [5.41, 5.74) is 1.16. The van der Waals surface area contributed by atoms with Crippen molar-refractivity contribution in [1.82, 2.24) is 10.2 Å². The number of ether oxygens (including phenoxy) is 6. The molecule has 23 nitrogen and oxygen atoms in total. The maximum atomic E-state index is 14.6. The summed E-state index contributed by atoms with van der Waals surface area (Å²) in [6.07, 6.45) is 6.55. The molecule has 5 aliphatic rings. The van der Waals surface area contributed by atoms with Gasteiger partial charge in [-0.05, 0) is 101 Å². The first kappa shape index (κ1) is 66.2. The lowest BCUT2D eigenvalue weighted by Gasteiger charge is -2.50. The van der Waals surface area contributed by atoms with Gasteiger partial charge in [-0.25, -0.2) is 9.59 Å². The quantitative estimate of drug-likeness (QED) is 0.0428. The molecule has 7 N–H and O–H groups in total. The van der Waals surface area contributed by atoms with Gasteiger partial charge in [-0.1, -0.05) is 64.2 Å². The van der Waals surface area contributed by atoms with Crippen LogP contribution >= 0.6 is 16.9 Å². The van der Waals surface area contributed by atoms with E-state index in [0.717, 1.165) is 5.57 Å². The van der Waals surface area contributed by atoms with Gasteiger partial charge in [-0.15, -0.1) is 0 Å². The number of rotatable bonds is 13. The molecule has 79 heavy (non-hydrogen) atoms. The number of amides is 2. The number of hydrogen-bond donors (Lipinski definition) is 7. The van der Waals surface area contributed by atoms with Gasteiger partial charge < -0.3 is 68.6 Å². The molecule has 0 spiro atoms. The van der Waals surface area contributed by atoms with Crippen LogP contribution in [-0.2, 0) is 66.0 Å². The number of fused-ring (bicyclic) bond motifs is 4. The van der Waals surface area contributed by atoms with Crippen molar-refractivity contribution < 1.29 is 101 Å².